The van der Waals surface area contributed by atoms with Crippen LogP contribution in [0.3, 0.4) is 0 Å². The molecule has 5 heteroatoms. The lowest BCUT2D eigenvalue weighted by atomic mass is 9.86. The van der Waals surface area contributed by atoms with Gasteiger partial charge in [0.1, 0.15) is 12.6 Å². The van der Waals surface area contributed by atoms with Gasteiger partial charge in [0.25, 0.3) is 5.91 Å². The molecule has 1 atom stereocenters. The monoisotopic (exact) mass is 399 g/mol. The number of thioether (sulfide) groups is 1. The molecule has 0 heterocycles. The Kier molecular flexibility index (Phi) is 8.12. The van der Waals surface area contributed by atoms with Crippen molar-refractivity contribution in [2.75, 3.05) is 12.0 Å². The molecule has 2 aromatic carbocycles. The molecule has 0 unspecified atom stereocenters. The van der Waals surface area contributed by atoms with Crippen molar-refractivity contribution in [2.45, 2.75) is 45.3 Å². The Labute approximate surface area is 172 Å². The topological polar surface area (TPSA) is 55.4 Å². The first-order valence-electron chi connectivity index (χ1n) is 9.42. The number of carbonyl (C=O) groups is 2. The van der Waals surface area contributed by atoms with Crippen molar-refractivity contribution in [2.24, 2.45) is 0 Å². The Hall–Kier alpha value is -2.27. The van der Waals surface area contributed by atoms with Crippen molar-refractivity contribution in [1.82, 2.24) is 5.32 Å². The Morgan fingerprint density at radius 2 is 1.68 bits per heavy atom. The van der Waals surface area contributed by atoms with Gasteiger partial charge in [-0.2, -0.15) is 11.8 Å². The predicted octanol–water partition coefficient (Wildman–Crippen LogP) is 4.58. The highest BCUT2D eigenvalue weighted by Crippen LogP contribution is 2.22. The zero-order chi connectivity index (χ0) is 20.6. The lowest BCUT2D eigenvalue weighted by Gasteiger charge is -2.20. The number of nitrogens with one attached hydrogen (secondary N) is 1. The summed E-state index contributed by atoms with van der Waals surface area (Å²) >= 11 is 1.63. The lowest BCUT2D eigenvalue weighted by molar-refractivity contribution is -0.147. The first kappa shape index (κ1) is 22.0. The van der Waals surface area contributed by atoms with Gasteiger partial charge in [0.05, 0.1) is 0 Å². The second kappa shape index (κ2) is 10.3. The smallest absolute Gasteiger partial charge is 0.329 e. The van der Waals surface area contributed by atoms with E-state index in [0.717, 1.165) is 16.9 Å². The SMILES string of the molecule is CSCC[C@@H](NC(=O)c1ccc(C(C)(C)C)cc1)C(=O)OCc1ccccc1. The highest BCUT2D eigenvalue weighted by atomic mass is 32.2. The Morgan fingerprint density at radius 1 is 1.04 bits per heavy atom. The summed E-state index contributed by atoms with van der Waals surface area (Å²) in [5.74, 6) is 0.0923. The highest BCUT2D eigenvalue weighted by molar-refractivity contribution is 7.98. The average molecular weight is 400 g/mol. The van der Waals surface area contributed by atoms with Crippen LogP contribution in [0.2, 0.25) is 0 Å². The zero-order valence-electron chi connectivity index (χ0n) is 17.0. The third-order valence-electron chi connectivity index (χ3n) is 4.44. The van der Waals surface area contributed by atoms with E-state index in [1.165, 1.54) is 0 Å². The first-order valence-corrected chi connectivity index (χ1v) is 10.8. The van der Waals surface area contributed by atoms with Crippen LogP contribution in [0.5, 0.6) is 0 Å². The fourth-order valence-corrected chi connectivity index (χ4v) is 3.15. The van der Waals surface area contributed by atoms with Crippen molar-refractivity contribution in [3.63, 3.8) is 0 Å². The van der Waals surface area contributed by atoms with Crippen molar-refractivity contribution in [3.05, 3.63) is 71.3 Å². The minimum Gasteiger partial charge on any atom is -0.459 e. The number of benzene rings is 2. The number of esters is 1. The van der Waals surface area contributed by atoms with E-state index < -0.39 is 12.0 Å². The van der Waals surface area contributed by atoms with E-state index in [4.69, 9.17) is 4.74 Å². The number of carbonyl (C=O) groups excluding carboxylic acids is 2. The average Bonchev–Trinajstić information content (AvgIpc) is 2.69. The van der Waals surface area contributed by atoms with Crippen LogP contribution in [0.1, 0.15) is 48.7 Å². The Morgan fingerprint density at radius 3 is 2.25 bits per heavy atom. The highest BCUT2D eigenvalue weighted by Gasteiger charge is 2.23. The maximum absolute atomic E-state index is 12.6. The van der Waals surface area contributed by atoms with E-state index in [9.17, 15) is 9.59 Å². The maximum Gasteiger partial charge on any atom is 0.329 e. The van der Waals surface area contributed by atoms with Gasteiger partial charge in [0, 0.05) is 5.56 Å². The maximum atomic E-state index is 12.6. The molecule has 0 bridgehead atoms. The van der Waals surface area contributed by atoms with Gasteiger partial charge >= 0.3 is 5.97 Å². The summed E-state index contributed by atoms with van der Waals surface area (Å²) in [5.41, 5.74) is 2.64. The fourth-order valence-electron chi connectivity index (χ4n) is 2.68. The number of rotatable bonds is 8. The van der Waals surface area contributed by atoms with Crippen LogP contribution >= 0.6 is 11.8 Å². The minimum atomic E-state index is -0.661. The molecule has 150 valence electrons. The summed E-state index contributed by atoms with van der Waals surface area (Å²) in [4.78, 5) is 25.2. The van der Waals surface area contributed by atoms with Crippen LogP contribution in [-0.2, 0) is 21.6 Å². The van der Waals surface area contributed by atoms with Gasteiger partial charge < -0.3 is 10.1 Å². The van der Waals surface area contributed by atoms with Gasteiger partial charge in [-0.05, 0) is 47.1 Å². The molecule has 2 aromatic rings. The molecule has 1 amide bonds. The number of hydrogen-bond acceptors (Lipinski definition) is 4. The van der Waals surface area contributed by atoms with Crippen molar-refractivity contribution in [1.29, 1.82) is 0 Å². The summed E-state index contributed by atoms with van der Waals surface area (Å²) < 4.78 is 5.42. The van der Waals surface area contributed by atoms with Crippen LogP contribution < -0.4 is 5.32 Å². The van der Waals surface area contributed by atoms with Crippen LogP contribution in [0.4, 0.5) is 0 Å². The van der Waals surface area contributed by atoms with Crippen molar-refractivity contribution < 1.29 is 14.3 Å². The molecule has 0 radical (unpaired) electrons. The Bertz CT molecular complexity index is 767. The quantitative estimate of drug-likeness (QED) is 0.660. The molecule has 2 rings (SSSR count). The zero-order valence-corrected chi connectivity index (χ0v) is 17.8. The largest absolute Gasteiger partial charge is 0.459 e. The van der Waals surface area contributed by atoms with Gasteiger partial charge in [-0.15, -0.1) is 0 Å². The molecule has 0 saturated carbocycles. The molecule has 0 fully saturated rings. The molecule has 0 aromatic heterocycles. The van der Waals surface area contributed by atoms with Crippen molar-refractivity contribution >= 4 is 23.6 Å². The normalized spacial score (nSPS) is 12.3. The second-order valence-corrected chi connectivity index (χ2v) is 8.71. The van der Waals surface area contributed by atoms with Crippen LogP contribution in [0, 0.1) is 0 Å². The fraction of sp³-hybridized carbons (Fsp3) is 0.391. The number of hydrogen-bond donors (Lipinski definition) is 1. The molecule has 28 heavy (non-hydrogen) atoms. The van der Waals surface area contributed by atoms with Gasteiger partial charge in [0.2, 0.25) is 0 Å². The number of ether oxygens (including phenoxy) is 1. The third-order valence-corrected chi connectivity index (χ3v) is 5.08. The molecule has 4 nitrogen and oxygen atoms in total. The summed E-state index contributed by atoms with van der Waals surface area (Å²) in [5, 5.41) is 2.84. The van der Waals surface area contributed by atoms with Crippen LogP contribution in [0.25, 0.3) is 0 Å². The minimum absolute atomic E-state index is 0.0249. The van der Waals surface area contributed by atoms with E-state index in [1.807, 2.05) is 48.7 Å². The molecule has 0 aliphatic carbocycles. The Balaban J connectivity index is 2.01. The summed E-state index contributed by atoms with van der Waals surface area (Å²) in [7, 11) is 0. The van der Waals surface area contributed by atoms with E-state index in [0.29, 0.717) is 12.0 Å². The van der Waals surface area contributed by atoms with Crippen LogP contribution in [-0.4, -0.2) is 29.9 Å². The molecule has 0 saturated heterocycles. The van der Waals surface area contributed by atoms with Gasteiger partial charge in [-0.25, -0.2) is 4.79 Å². The molecular weight excluding hydrogens is 370 g/mol. The number of amides is 1. The predicted molar refractivity (Wildman–Crippen MR) is 116 cm³/mol. The van der Waals surface area contributed by atoms with Gasteiger partial charge in [-0.3, -0.25) is 4.79 Å². The summed E-state index contributed by atoms with van der Waals surface area (Å²) in [6, 6.07) is 16.4. The molecule has 0 aliphatic heterocycles. The molecule has 1 N–H and O–H groups in total. The van der Waals surface area contributed by atoms with E-state index in [-0.39, 0.29) is 17.9 Å². The summed E-state index contributed by atoms with van der Waals surface area (Å²) in [6.45, 7) is 6.58. The molecular formula is C23H29NO3S. The summed E-state index contributed by atoms with van der Waals surface area (Å²) in [6.07, 6.45) is 2.50. The van der Waals surface area contributed by atoms with E-state index >= 15 is 0 Å². The van der Waals surface area contributed by atoms with E-state index in [1.54, 1.807) is 23.9 Å². The van der Waals surface area contributed by atoms with Crippen LogP contribution in [0.15, 0.2) is 54.6 Å². The van der Waals surface area contributed by atoms with E-state index in [2.05, 4.69) is 26.1 Å². The van der Waals surface area contributed by atoms with Gasteiger partial charge in [-0.1, -0.05) is 63.2 Å². The molecule has 0 aliphatic rings. The third kappa shape index (κ3) is 6.71. The lowest BCUT2D eigenvalue weighted by Crippen LogP contribution is -2.42. The second-order valence-electron chi connectivity index (χ2n) is 7.73. The van der Waals surface area contributed by atoms with Gasteiger partial charge in [0.15, 0.2) is 0 Å². The van der Waals surface area contributed by atoms with Crippen molar-refractivity contribution in [3.8, 4) is 0 Å². The first-order chi connectivity index (χ1) is 13.3. The standard InChI is InChI=1S/C23H29NO3S/c1-23(2,3)19-12-10-18(11-13-19)21(25)24-20(14-15-28-4)22(26)27-16-17-8-6-5-7-9-17/h5-13,20H,14-16H2,1-4H3,(H,24,25)/t20-/m1/s1. The molecule has 0 spiro atoms.